The number of carbonyl (C=O) groups excluding carboxylic acids is 2. The summed E-state index contributed by atoms with van der Waals surface area (Å²) in [6, 6.07) is 13.3. The minimum Gasteiger partial charge on any atom is -0.497 e. The molecule has 0 saturated heterocycles. The topological polar surface area (TPSA) is 88.7 Å². The van der Waals surface area contributed by atoms with Crippen molar-refractivity contribution in [3.8, 4) is 11.5 Å². The van der Waals surface area contributed by atoms with E-state index in [1.54, 1.807) is 32.4 Å². The lowest BCUT2D eigenvalue weighted by Crippen LogP contribution is -2.39. The Labute approximate surface area is 214 Å². The second-order valence-electron chi connectivity index (χ2n) is 9.86. The van der Waals surface area contributed by atoms with Crippen molar-refractivity contribution in [2.45, 2.75) is 50.9 Å². The Balaban J connectivity index is 1.30. The number of fused-ring (bicyclic) bond motifs is 1. The fourth-order valence-electron chi connectivity index (χ4n) is 5.67. The van der Waals surface area contributed by atoms with Crippen molar-refractivity contribution in [2.75, 3.05) is 39.2 Å². The van der Waals surface area contributed by atoms with Gasteiger partial charge in [-0.05, 0) is 61.4 Å². The number of hydrogen-bond acceptors (Lipinski definition) is 5. The van der Waals surface area contributed by atoms with Gasteiger partial charge in [-0.25, -0.2) is 0 Å². The molecule has 1 heterocycles. The minimum atomic E-state index is -0.139. The van der Waals surface area contributed by atoms with Crippen molar-refractivity contribution in [2.24, 2.45) is 11.8 Å². The lowest BCUT2D eigenvalue weighted by Gasteiger charge is -2.29. The number of carbonyl (C=O) groups is 2. The summed E-state index contributed by atoms with van der Waals surface area (Å²) in [5.74, 6) is 2.16. The average molecular weight is 494 g/mol. The van der Waals surface area contributed by atoms with Crippen LogP contribution >= 0.6 is 0 Å². The second-order valence-corrected chi connectivity index (χ2v) is 9.86. The molecule has 7 nitrogen and oxygen atoms in total. The van der Waals surface area contributed by atoms with Crippen LogP contribution in [0.5, 0.6) is 11.5 Å². The normalized spacial score (nSPS) is 18.0. The predicted molar refractivity (Wildman–Crippen MR) is 142 cm³/mol. The van der Waals surface area contributed by atoms with Crippen molar-refractivity contribution in [1.29, 1.82) is 0 Å². The van der Waals surface area contributed by atoms with Crippen LogP contribution in [0.15, 0.2) is 42.5 Å². The van der Waals surface area contributed by atoms with Crippen LogP contribution in [0.4, 0.5) is 5.69 Å². The zero-order valence-electron chi connectivity index (χ0n) is 21.5. The van der Waals surface area contributed by atoms with Gasteiger partial charge in [0, 0.05) is 37.0 Å². The monoisotopic (exact) mass is 493 g/mol. The number of anilines is 1. The summed E-state index contributed by atoms with van der Waals surface area (Å²) >= 11 is 0. The molecule has 2 amide bonds. The first kappa shape index (κ1) is 25.9. The van der Waals surface area contributed by atoms with Crippen LogP contribution in [-0.4, -0.2) is 45.7 Å². The van der Waals surface area contributed by atoms with Gasteiger partial charge >= 0.3 is 0 Å². The number of methoxy groups -OCH3 is 2. The maximum Gasteiger partial charge on any atom is 0.251 e. The number of ether oxygens (including phenoxy) is 2. The Morgan fingerprint density at radius 3 is 2.58 bits per heavy atom. The maximum atomic E-state index is 13.3. The first-order valence-electron chi connectivity index (χ1n) is 13.2. The fraction of sp³-hybridized carbons (Fsp3) is 0.517. The van der Waals surface area contributed by atoms with Gasteiger partial charge in [-0.1, -0.05) is 37.5 Å². The SMILES string of the molecule is COc1cccc(C(=O)NCCC(C(=O)NCCC2CNc3c(OC)cccc32)C2CCCCC2)c1. The zero-order chi connectivity index (χ0) is 25.3. The molecule has 1 aliphatic heterocycles. The van der Waals surface area contributed by atoms with Gasteiger partial charge in [-0.3, -0.25) is 9.59 Å². The van der Waals surface area contributed by atoms with Crippen LogP contribution in [0.2, 0.25) is 0 Å². The van der Waals surface area contributed by atoms with E-state index in [4.69, 9.17) is 9.47 Å². The van der Waals surface area contributed by atoms with Crippen LogP contribution in [0.25, 0.3) is 0 Å². The van der Waals surface area contributed by atoms with E-state index in [1.165, 1.54) is 24.8 Å². The lowest BCUT2D eigenvalue weighted by atomic mass is 9.78. The Bertz CT molecular complexity index is 1030. The number of hydrogen-bond donors (Lipinski definition) is 3. The molecule has 2 unspecified atom stereocenters. The molecule has 1 saturated carbocycles. The number of amides is 2. The van der Waals surface area contributed by atoms with Crippen molar-refractivity contribution < 1.29 is 19.1 Å². The summed E-state index contributed by atoms with van der Waals surface area (Å²) in [6.07, 6.45) is 7.30. The molecule has 7 heteroatoms. The molecule has 1 aliphatic carbocycles. The summed E-state index contributed by atoms with van der Waals surface area (Å²) in [6.45, 7) is 1.97. The smallest absolute Gasteiger partial charge is 0.251 e. The molecule has 0 radical (unpaired) electrons. The predicted octanol–water partition coefficient (Wildman–Crippen LogP) is 4.74. The van der Waals surface area contributed by atoms with Crippen LogP contribution in [-0.2, 0) is 4.79 Å². The van der Waals surface area contributed by atoms with E-state index in [9.17, 15) is 9.59 Å². The van der Waals surface area contributed by atoms with E-state index >= 15 is 0 Å². The molecule has 0 spiro atoms. The quantitative estimate of drug-likeness (QED) is 0.421. The molecular formula is C29H39N3O4. The third kappa shape index (κ3) is 6.31. The first-order chi connectivity index (χ1) is 17.6. The minimum absolute atomic E-state index is 0.0787. The highest BCUT2D eigenvalue weighted by molar-refractivity contribution is 5.94. The molecule has 4 rings (SSSR count). The van der Waals surface area contributed by atoms with E-state index in [0.717, 1.165) is 37.2 Å². The van der Waals surface area contributed by atoms with E-state index < -0.39 is 0 Å². The molecule has 2 aliphatic rings. The fourth-order valence-corrected chi connectivity index (χ4v) is 5.67. The second kappa shape index (κ2) is 12.7. The largest absolute Gasteiger partial charge is 0.497 e. The van der Waals surface area contributed by atoms with E-state index in [1.807, 2.05) is 18.2 Å². The summed E-state index contributed by atoms with van der Waals surface area (Å²) in [5, 5.41) is 9.68. The maximum absolute atomic E-state index is 13.3. The Morgan fingerprint density at radius 2 is 1.81 bits per heavy atom. The van der Waals surface area contributed by atoms with E-state index in [0.29, 0.717) is 42.7 Å². The molecule has 0 aromatic heterocycles. The van der Waals surface area contributed by atoms with Crippen LogP contribution in [0, 0.1) is 11.8 Å². The molecule has 194 valence electrons. The van der Waals surface area contributed by atoms with Crippen LogP contribution in [0.3, 0.4) is 0 Å². The third-order valence-corrected chi connectivity index (χ3v) is 7.66. The zero-order valence-corrected chi connectivity index (χ0v) is 21.5. The van der Waals surface area contributed by atoms with Gasteiger partial charge in [-0.2, -0.15) is 0 Å². The van der Waals surface area contributed by atoms with Crippen LogP contribution in [0.1, 0.15) is 66.8 Å². The van der Waals surface area contributed by atoms with Crippen molar-refractivity contribution in [3.63, 3.8) is 0 Å². The van der Waals surface area contributed by atoms with E-state index in [-0.39, 0.29) is 17.7 Å². The highest BCUT2D eigenvalue weighted by atomic mass is 16.5. The van der Waals surface area contributed by atoms with Crippen molar-refractivity contribution in [3.05, 3.63) is 53.6 Å². The summed E-state index contributed by atoms with van der Waals surface area (Å²) in [5.41, 5.74) is 2.89. The van der Waals surface area contributed by atoms with Gasteiger partial charge in [0.2, 0.25) is 5.91 Å². The number of nitrogens with one attached hydrogen (secondary N) is 3. The van der Waals surface area contributed by atoms with Gasteiger partial charge in [0.15, 0.2) is 0 Å². The van der Waals surface area contributed by atoms with Crippen LogP contribution < -0.4 is 25.4 Å². The summed E-state index contributed by atoms with van der Waals surface area (Å²) in [4.78, 5) is 25.9. The van der Waals surface area contributed by atoms with Gasteiger partial charge in [0.1, 0.15) is 11.5 Å². The Morgan fingerprint density at radius 1 is 1.00 bits per heavy atom. The highest BCUT2D eigenvalue weighted by Gasteiger charge is 2.30. The number of rotatable bonds is 11. The summed E-state index contributed by atoms with van der Waals surface area (Å²) in [7, 11) is 3.28. The number of benzene rings is 2. The molecule has 36 heavy (non-hydrogen) atoms. The molecule has 2 aromatic carbocycles. The van der Waals surface area contributed by atoms with Gasteiger partial charge in [-0.15, -0.1) is 0 Å². The standard InChI is InChI=1S/C29H39N3O4/c1-35-23-11-6-10-21(18-23)28(33)30-17-15-25(20-8-4-3-5-9-20)29(34)31-16-14-22-19-32-27-24(22)12-7-13-26(27)36-2/h6-7,10-13,18,20,22,25,32H,3-5,8-9,14-17,19H2,1-2H3,(H,30,33)(H,31,34). The lowest BCUT2D eigenvalue weighted by molar-refractivity contribution is -0.127. The van der Waals surface area contributed by atoms with E-state index in [2.05, 4.69) is 22.0 Å². The molecular weight excluding hydrogens is 454 g/mol. The highest BCUT2D eigenvalue weighted by Crippen LogP contribution is 2.39. The van der Waals surface area contributed by atoms with Crippen molar-refractivity contribution >= 4 is 17.5 Å². The molecule has 3 N–H and O–H groups in total. The molecule has 2 atom stereocenters. The Kier molecular flexibility index (Phi) is 9.09. The van der Waals surface area contributed by atoms with Gasteiger partial charge < -0.3 is 25.4 Å². The van der Waals surface area contributed by atoms with Gasteiger partial charge in [0.25, 0.3) is 5.91 Å². The number of para-hydroxylation sites is 1. The third-order valence-electron chi connectivity index (χ3n) is 7.66. The average Bonchev–Trinajstić information content (AvgIpc) is 3.34. The van der Waals surface area contributed by atoms with Crippen molar-refractivity contribution in [1.82, 2.24) is 10.6 Å². The van der Waals surface area contributed by atoms with Gasteiger partial charge in [0.05, 0.1) is 19.9 Å². The molecule has 1 fully saturated rings. The summed E-state index contributed by atoms with van der Waals surface area (Å²) < 4.78 is 10.7. The molecule has 0 bridgehead atoms. The first-order valence-corrected chi connectivity index (χ1v) is 13.2. The Hall–Kier alpha value is -3.22. The molecule has 2 aromatic rings.